The quantitative estimate of drug-likeness (QED) is 0.530. The molecule has 33 heavy (non-hydrogen) atoms. The van der Waals surface area contributed by atoms with Crippen LogP contribution < -0.4 is 14.8 Å². The Morgan fingerprint density at radius 1 is 1.06 bits per heavy atom. The van der Waals surface area contributed by atoms with E-state index in [9.17, 15) is 13.2 Å². The number of hydrogen-bond acceptors (Lipinski definition) is 6. The minimum absolute atomic E-state index is 0.202. The molecule has 1 atom stereocenters. The van der Waals surface area contributed by atoms with Gasteiger partial charge in [-0.15, -0.1) is 0 Å². The van der Waals surface area contributed by atoms with E-state index < -0.39 is 16.1 Å². The summed E-state index contributed by atoms with van der Waals surface area (Å²) in [6, 6.07) is 12.2. The van der Waals surface area contributed by atoms with Gasteiger partial charge in [0.15, 0.2) is 6.10 Å². The van der Waals surface area contributed by atoms with Crippen LogP contribution in [0.15, 0.2) is 47.4 Å². The van der Waals surface area contributed by atoms with Crippen molar-refractivity contribution in [1.29, 1.82) is 0 Å². The Bertz CT molecular complexity index is 1010. The molecule has 2 aromatic rings. The largest absolute Gasteiger partial charge is 0.492 e. The molecule has 1 aliphatic rings. The molecule has 1 N–H and O–H groups in total. The van der Waals surface area contributed by atoms with Crippen molar-refractivity contribution in [3.63, 3.8) is 0 Å². The summed E-state index contributed by atoms with van der Waals surface area (Å²) in [6.07, 6.45) is -0.0467. The molecular formula is C24H32N2O6S. The number of morpholine rings is 1. The summed E-state index contributed by atoms with van der Waals surface area (Å²) in [6.45, 7) is 7.95. The Balaban J connectivity index is 1.46. The highest BCUT2D eigenvalue weighted by Crippen LogP contribution is 2.21. The Kier molecular flexibility index (Phi) is 8.71. The van der Waals surface area contributed by atoms with Crippen LogP contribution in [0.4, 0.5) is 0 Å². The maximum absolute atomic E-state index is 12.7. The van der Waals surface area contributed by atoms with Crippen molar-refractivity contribution in [2.75, 3.05) is 39.5 Å². The maximum atomic E-state index is 12.7. The number of rotatable bonds is 10. The third-order valence-corrected chi connectivity index (χ3v) is 7.15. The van der Waals surface area contributed by atoms with Crippen molar-refractivity contribution in [2.45, 2.75) is 38.2 Å². The minimum atomic E-state index is -3.53. The fourth-order valence-electron chi connectivity index (χ4n) is 3.59. The van der Waals surface area contributed by atoms with E-state index >= 15 is 0 Å². The number of aryl methyl sites for hydroxylation is 2. The molecule has 0 unspecified atom stereocenters. The van der Waals surface area contributed by atoms with E-state index in [1.807, 2.05) is 32.9 Å². The van der Waals surface area contributed by atoms with E-state index in [0.29, 0.717) is 50.8 Å². The third-order valence-electron chi connectivity index (χ3n) is 5.24. The molecule has 3 rings (SSSR count). The predicted octanol–water partition coefficient (Wildman–Crippen LogP) is 2.68. The number of hydrogen-bond donors (Lipinski definition) is 1. The van der Waals surface area contributed by atoms with Gasteiger partial charge in [-0.1, -0.05) is 13.0 Å². The first kappa shape index (κ1) is 25.0. The van der Waals surface area contributed by atoms with Gasteiger partial charge in [0.05, 0.1) is 24.7 Å². The highest BCUT2D eigenvalue weighted by atomic mass is 32.2. The number of carbonyl (C=O) groups is 1. The van der Waals surface area contributed by atoms with E-state index in [1.165, 1.54) is 16.4 Å². The van der Waals surface area contributed by atoms with Gasteiger partial charge >= 0.3 is 0 Å². The van der Waals surface area contributed by atoms with Gasteiger partial charge in [-0.3, -0.25) is 4.79 Å². The molecule has 180 valence electrons. The minimum Gasteiger partial charge on any atom is -0.492 e. The normalized spacial score (nSPS) is 15.6. The second-order valence-electron chi connectivity index (χ2n) is 7.97. The molecule has 8 nitrogen and oxygen atoms in total. The number of benzene rings is 2. The molecule has 1 heterocycles. The molecule has 0 bridgehead atoms. The number of nitrogens with one attached hydrogen (secondary N) is 1. The van der Waals surface area contributed by atoms with Crippen molar-refractivity contribution in [3.8, 4) is 11.5 Å². The fraction of sp³-hybridized carbons (Fsp3) is 0.458. The van der Waals surface area contributed by atoms with Crippen LogP contribution in [0.3, 0.4) is 0 Å². The second-order valence-corrected chi connectivity index (χ2v) is 9.90. The van der Waals surface area contributed by atoms with E-state index in [-0.39, 0.29) is 17.4 Å². The lowest BCUT2D eigenvalue weighted by atomic mass is 10.1. The van der Waals surface area contributed by atoms with Gasteiger partial charge in [0.1, 0.15) is 18.1 Å². The summed E-state index contributed by atoms with van der Waals surface area (Å²) in [5.74, 6) is 1.01. The standard InChI is InChI=1S/C24H32N2O6S/c1-4-23(32-21-16-18(2)15-19(3)17-21)24(27)25-9-12-31-20-5-7-22(8-6-20)33(28,29)26-10-13-30-14-11-26/h5-8,15-17,23H,4,9-14H2,1-3H3,(H,25,27)/t23-/m1/s1. The Morgan fingerprint density at radius 3 is 2.30 bits per heavy atom. The third kappa shape index (κ3) is 6.93. The Morgan fingerprint density at radius 2 is 1.70 bits per heavy atom. The van der Waals surface area contributed by atoms with Crippen LogP contribution in [-0.2, 0) is 19.6 Å². The van der Waals surface area contributed by atoms with Crippen molar-refractivity contribution in [3.05, 3.63) is 53.6 Å². The zero-order valence-corrected chi connectivity index (χ0v) is 20.2. The first-order chi connectivity index (χ1) is 15.8. The zero-order valence-electron chi connectivity index (χ0n) is 19.4. The van der Waals surface area contributed by atoms with Gasteiger partial charge in [-0.25, -0.2) is 8.42 Å². The summed E-state index contributed by atoms with van der Waals surface area (Å²) in [4.78, 5) is 12.7. The smallest absolute Gasteiger partial charge is 0.261 e. The number of amides is 1. The van der Waals surface area contributed by atoms with Gasteiger partial charge in [0.2, 0.25) is 10.0 Å². The van der Waals surface area contributed by atoms with Crippen molar-refractivity contribution in [1.82, 2.24) is 9.62 Å². The fourth-order valence-corrected chi connectivity index (χ4v) is 5.00. The van der Waals surface area contributed by atoms with Gasteiger partial charge in [-0.05, 0) is 67.8 Å². The second kappa shape index (κ2) is 11.5. The summed E-state index contributed by atoms with van der Waals surface area (Å²) in [5.41, 5.74) is 2.16. The lowest BCUT2D eigenvalue weighted by Crippen LogP contribution is -2.40. The van der Waals surface area contributed by atoms with Crippen LogP contribution >= 0.6 is 0 Å². The highest BCUT2D eigenvalue weighted by Gasteiger charge is 2.26. The van der Waals surface area contributed by atoms with Crippen LogP contribution in [0.5, 0.6) is 11.5 Å². The number of nitrogens with zero attached hydrogens (tertiary/aromatic N) is 1. The van der Waals surface area contributed by atoms with Crippen LogP contribution in [0.1, 0.15) is 24.5 Å². The van der Waals surface area contributed by atoms with Gasteiger partial charge in [-0.2, -0.15) is 4.31 Å². The number of sulfonamides is 1. The summed E-state index contributed by atoms with van der Waals surface area (Å²) < 4.78 is 43.5. The zero-order chi connectivity index (χ0) is 23.8. The lowest BCUT2D eigenvalue weighted by Gasteiger charge is -2.26. The topological polar surface area (TPSA) is 94.2 Å². The Hall–Kier alpha value is -2.62. The Labute approximate surface area is 195 Å². The average molecular weight is 477 g/mol. The number of ether oxygens (including phenoxy) is 3. The molecular weight excluding hydrogens is 444 g/mol. The van der Waals surface area contributed by atoms with E-state index in [4.69, 9.17) is 14.2 Å². The summed E-state index contributed by atoms with van der Waals surface area (Å²) in [7, 11) is -3.53. The summed E-state index contributed by atoms with van der Waals surface area (Å²) in [5, 5.41) is 2.83. The molecule has 1 saturated heterocycles. The highest BCUT2D eigenvalue weighted by molar-refractivity contribution is 7.89. The predicted molar refractivity (Wildman–Crippen MR) is 125 cm³/mol. The van der Waals surface area contributed by atoms with Crippen LogP contribution in [0.25, 0.3) is 0 Å². The monoisotopic (exact) mass is 476 g/mol. The van der Waals surface area contributed by atoms with E-state index in [2.05, 4.69) is 11.4 Å². The lowest BCUT2D eigenvalue weighted by molar-refractivity contribution is -0.128. The first-order valence-electron chi connectivity index (χ1n) is 11.1. The SMILES string of the molecule is CC[C@@H](Oc1cc(C)cc(C)c1)C(=O)NCCOc1ccc(S(=O)(=O)N2CCOCC2)cc1. The van der Waals surface area contributed by atoms with Gasteiger partial charge in [0.25, 0.3) is 5.91 Å². The van der Waals surface area contributed by atoms with Crippen molar-refractivity contribution < 1.29 is 27.4 Å². The molecule has 1 fully saturated rings. The molecule has 0 saturated carbocycles. The molecule has 0 spiro atoms. The van der Waals surface area contributed by atoms with Crippen LogP contribution in [0.2, 0.25) is 0 Å². The van der Waals surface area contributed by atoms with Crippen molar-refractivity contribution in [2.24, 2.45) is 0 Å². The maximum Gasteiger partial charge on any atom is 0.261 e. The first-order valence-corrected chi connectivity index (χ1v) is 12.6. The average Bonchev–Trinajstić information content (AvgIpc) is 2.80. The molecule has 0 radical (unpaired) electrons. The van der Waals surface area contributed by atoms with Gasteiger partial charge < -0.3 is 19.5 Å². The van der Waals surface area contributed by atoms with Crippen LogP contribution in [-0.4, -0.2) is 64.2 Å². The molecule has 2 aromatic carbocycles. The van der Waals surface area contributed by atoms with Gasteiger partial charge in [0, 0.05) is 13.1 Å². The molecule has 1 amide bonds. The van der Waals surface area contributed by atoms with Crippen LogP contribution in [0, 0.1) is 13.8 Å². The molecule has 0 aliphatic carbocycles. The van der Waals surface area contributed by atoms with E-state index in [1.54, 1.807) is 12.1 Å². The number of carbonyl (C=O) groups excluding carboxylic acids is 1. The molecule has 1 aliphatic heterocycles. The summed E-state index contributed by atoms with van der Waals surface area (Å²) >= 11 is 0. The van der Waals surface area contributed by atoms with Crippen molar-refractivity contribution >= 4 is 15.9 Å². The molecule has 9 heteroatoms. The van der Waals surface area contributed by atoms with E-state index in [0.717, 1.165) is 11.1 Å². The molecule has 0 aromatic heterocycles.